The first kappa shape index (κ1) is 21.7. The van der Waals surface area contributed by atoms with Gasteiger partial charge in [-0.15, -0.1) is 0 Å². The maximum atomic E-state index is 12.7. The van der Waals surface area contributed by atoms with Crippen LogP contribution in [0.4, 0.5) is 5.69 Å². The number of nitro groups is 1. The standard InChI is InChI=1S/C21H15Br2N3O4/c22-16-8-4-13(5-9-16)20(27)24-19(15-2-1-3-18(12-15)26(29)30)25-21(28)14-6-10-17(23)11-7-14/h1-12,19H,(H,24,27)(H,25,28). The van der Waals surface area contributed by atoms with Gasteiger partial charge < -0.3 is 10.6 Å². The highest BCUT2D eigenvalue weighted by Crippen LogP contribution is 2.20. The Bertz CT molecular complexity index is 1030. The van der Waals surface area contributed by atoms with E-state index in [-0.39, 0.29) is 5.69 Å². The molecule has 0 aliphatic carbocycles. The monoisotopic (exact) mass is 531 g/mol. The predicted molar refractivity (Wildman–Crippen MR) is 119 cm³/mol. The summed E-state index contributed by atoms with van der Waals surface area (Å²) in [5, 5.41) is 16.6. The van der Waals surface area contributed by atoms with Crippen LogP contribution in [0.15, 0.2) is 81.7 Å². The average Bonchev–Trinajstić information content (AvgIpc) is 2.74. The molecule has 3 rings (SSSR count). The zero-order chi connectivity index (χ0) is 21.7. The summed E-state index contributed by atoms with van der Waals surface area (Å²) in [6.45, 7) is 0. The van der Waals surface area contributed by atoms with Crippen LogP contribution < -0.4 is 10.6 Å². The third kappa shape index (κ3) is 5.52. The summed E-state index contributed by atoms with van der Waals surface area (Å²) in [6, 6.07) is 19.1. The van der Waals surface area contributed by atoms with Gasteiger partial charge in [-0.3, -0.25) is 19.7 Å². The van der Waals surface area contributed by atoms with Gasteiger partial charge in [-0.2, -0.15) is 0 Å². The molecule has 3 aromatic rings. The van der Waals surface area contributed by atoms with Gasteiger partial charge in [0, 0.05) is 37.8 Å². The SMILES string of the molecule is O=C(NC(NC(=O)c1ccc(Br)cc1)c1cccc([N+](=O)[O-])c1)c1ccc(Br)cc1. The van der Waals surface area contributed by atoms with Crippen LogP contribution in [-0.4, -0.2) is 16.7 Å². The van der Waals surface area contributed by atoms with Crippen LogP contribution in [0.25, 0.3) is 0 Å². The molecule has 0 aliphatic heterocycles. The summed E-state index contributed by atoms with van der Waals surface area (Å²) in [7, 11) is 0. The van der Waals surface area contributed by atoms with Gasteiger partial charge in [0.1, 0.15) is 6.17 Å². The number of hydrogen-bond acceptors (Lipinski definition) is 4. The highest BCUT2D eigenvalue weighted by Gasteiger charge is 2.21. The minimum absolute atomic E-state index is 0.145. The molecule has 0 saturated carbocycles. The van der Waals surface area contributed by atoms with E-state index in [4.69, 9.17) is 0 Å². The molecule has 7 nitrogen and oxygen atoms in total. The summed E-state index contributed by atoms with van der Waals surface area (Å²) in [4.78, 5) is 36.0. The van der Waals surface area contributed by atoms with Crippen LogP contribution in [0.2, 0.25) is 0 Å². The Hall–Kier alpha value is -3.04. The molecule has 0 radical (unpaired) electrons. The molecule has 0 heterocycles. The Morgan fingerprint density at radius 2 is 1.27 bits per heavy atom. The number of non-ortho nitro benzene ring substituents is 1. The van der Waals surface area contributed by atoms with Crippen molar-refractivity contribution in [2.75, 3.05) is 0 Å². The zero-order valence-corrected chi connectivity index (χ0v) is 18.5. The molecule has 0 aliphatic rings. The molecule has 152 valence electrons. The number of benzene rings is 3. The Morgan fingerprint density at radius 1 is 0.800 bits per heavy atom. The Labute approximate surface area is 188 Å². The van der Waals surface area contributed by atoms with Gasteiger partial charge in [-0.1, -0.05) is 44.0 Å². The van der Waals surface area contributed by atoms with Gasteiger partial charge in [0.05, 0.1) is 4.92 Å². The van der Waals surface area contributed by atoms with Crippen LogP contribution in [0.1, 0.15) is 32.4 Å². The van der Waals surface area contributed by atoms with Crippen molar-refractivity contribution in [2.45, 2.75) is 6.17 Å². The number of nitrogens with zero attached hydrogens (tertiary/aromatic N) is 1. The Morgan fingerprint density at radius 3 is 1.70 bits per heavy atom. The van der Waals surface area contributed by atoms with Gasteiger partial charge in [0.2, 0.25) is 0 Å². The average molecular weight is 533 g/mol. The largest absolute Gasteiger partial charge is 0.328 e. The predicted octanol–water partition coefficient (Wildman–Crippen LogP) is 4.98. The number of nitrogens with one attached hydrogen (secondary N) is 2. The smallest absolute Gasteiger partial charge is 0.269 e. The minimum Gasteiger partial charge on any atom is -0.328 e. The maximum Gasteiger partial charge on any atom is 0.269 e. The van der Waals surface area contributed by atoms with E-state index in [1.165, 1.54) is 18.2 Å². The van der Waals surface area contributed by atoms with Crippen LogP contribution >= 0.6 is 31.9 Å². The minimum atomic E-state index is -0.975. The summed E-state index contributed by atoms with van der Waals surface area (Å²) >= 11 is 6.62. The molecule has 2 N–H and O–H groups in total. The van der Waals surface area contributed by atoms with Crippen LogP contribution in [-0.2, 0) is 0 Å². The molecule has 3 aromatic carbocycles. The van der Waals surface area contributed by atoms with Crippen LogP contribution in [0, 0.1) is 10.1 Å². The maximum absolute atomic E-state index is 12.7. The highest BCUT2D eigenvalue weighted by atomic mass is 79.9. The number of hydrogen-bond donors (Lipinski definition) is 2. The molecular weight excluding hydrogens is 518 g/mol. The van der Waals surface area contributed by atoms with Gasteiger partial charge in [0.15, 0.2) is 0 Å². The van der Waals surface area contributed by atoms with Gasteiger partial charge in [-0.25, -0.2) is 0 Å². The topological polar surface area (TPSA) is 101 Å². The lowest BCUT2D eigenvalue weighted by Gasteiger charge is -2.21. The van der Waals surface area contributed by atoms with Gasteiger partial charge >= 0.3 is 0 Å². The lowest BCUT2D eigenvalue weighted by molar-refractivity contribution is -0.384. The van der Waals surface area contributed by atoms with Crippen molar-refractivity contribution >= 4 is 49.4 Å². The third-order valence-electron chi connectivity index (χ3n) is 4.18. The van der Waals surface area contributed by atoms with E-state index in [9.17, 15) is 19.7 Å². The van der Waals surface area contributed by atoms with Crippen molar-refractivity contribution in [2.24, 2.45) is 0 Å². The molecule has 0 fully saturated rings. The molecular formula is C21H15Br2N3O4. The van der Waals surface area contributed by atoms with Crippen molar-refractivity contribution in [3.63, 3.8) is 0 Å². The van der Waals surface area contributed by atoms with Crippen molar-refractivity contribution in [1.29, 1.82) is 0 Å². The summed E-state index contributed by atoms with van der Waals surface area (Å²) in [6.07, 6.45) is -0.975. The van der Waals surface area contributed by atoms with Crippen molar-refractivity contribution in [3.8, 4) is 0 Å². The van der Waals surface area contributed by atoms with Crippen molar-refractivity contribution in [3.05, 3.63) is 109 Å². The van der Waals surface area contributed by atoms with E-state index in [1.54, 1.807) is 54.6 Å². The second-order valence-electron chi connectivity index (χ2n) is 6.25. The number of nitro benzene ring substituents is 1. The first-order valence-corrected chi connectivity index (χ1v) is 10.3. The Kier molecular flexibility index (Phi) is 6.96. The number of rotatable bonds is 6. The van der Waals surface area contributed by atoms with Gasteiger partial charge in [0.25, 0.3) is 17.5 Å². The molecule has 30 heavy (non-hydrogen) atoms. The van der Waals surface area contributed by atoms with E-state index in [2.05, 4.69) is 42.5 Å². The van der Waals surface area contributed by atoms with Crippen LogP contribution in [0.5, 0.6) is 0 Å². The molecule has 0 saturated heterocycles. The molecule has 0 unspecified atom stereocenters. The molecule has 0 spiro atoms. The molecule has 0 aromatic heterocycles. The summed E-state index contributed by atoms with van der Waals surface area (Å²) in [5.74, 6) is -0.870. The van der Waals surface area contributed by atoms with E-state index >= 15 is 0 Å². The van der Waals surface area contributed by atoms with E-state index in [1.807, 2.05) is 0 Å². The molecule has 2 amide bonds. The number of halogens is 2. The second kappa shape index (κ2) is 9.64. The molecule has 0 bridgehead atoms. The summed E-state index contributed by atoms with van der Waals surface area (Å²) in [5.41, 5.74) is 0.992. The van der Waals surface area contributed by atoms with E-state index in [0.717, 1.165) is 8.95 Å². The fourth-order valence-electron chi connectivity index (χ4n) is 2.65. The Balaban J connectivity index is 1.89. The first-order valence-electron chi connectivity index (χ1n) is 8.71. The normalized spacial score (nSPS) is 10.5. The second-order valence-corrected chi connectivity index (χ2v) is 8.08. The van der Waals surface area contributed by atoms with E-state index in [0.29, 0.717) is 16.7 Å². The fourth-order valence-corrected chi connectivity index (χ4v) is 3.18. The summed E-state index contributed by atoms with van der Waals surface area (Å²) < 4.78 is 1.63. The van der Waals surface area contributed by atoms with Crippen molar-refractivity contribution < 1.29 is 14.5 Å². The number of carbonyl (C=O) groups excluding carboxylic acids is 2. The molecule has 0 atom stereocenters. The molecule has 9 heteroatoms. The lowest BCUT2D eigenvalue weighted by Crippen LogP contribution is -2.41. The third-order valence-corrected chi connectivity index (χ3v) is 5.24. The van der Waals surface area contributed by atoms with Gasteiger partial charge in [-0.05, 0) is 48.5 Å². The fraction of sp³-hybridized carbons (Fsp3) is 0.0476. The van der Waals surface area contributed by atoms with Crippen LogP contribution in [0.3, 0.4) is 0 Å². The first-order chi connectivity index (χ1) is 14.3. The number of carbonyl (C=O) groups is 2. The van der Waals surface area contributed by atoms with Crippen molar-refractivity contribution in [1.82, 2.24) is 10.6 Å². The van der Waals surface area contributed by atoms with E-state index < -0.39 is 22.9 Å². The quantitative estimate of drug-likeness (QED) is 0.265. The zero-order valence-electron chi connectivity index (χ0n) is 15.3. The highest BCUT2D eigenvalue weighted by molar-refractivity contribution is 9.10. The number of amides is 2. The lowest BCUT2D eigenvalue weighted by atomic mass is 10.1.